The van der Waals surface area contributed by atoms with Crippen LogP contribution in [-0.4, -0.2) is 58.7 Å². The lowest BCUT2D eigenvalue weighted by Crippen LogP contribution is -2.55. The second-order valence-electron chi connectivity index (χ2n) is 13.4. The van der Waals surface area contributed by atoms with Crippen LogP contribution < -0.4 is 15.5 Å². The van der Waals surface area contributed by atoms with E-state index in [1.165, 1.54) is 16.7 Å². The van der Waals surface area contributed by atoms with Crippen LogP contribution in [0.3, 0.4) is 0 Å². The van der Waals surface area contributed by atoms with Gasteiger partial charge in [-0.1, -0.05) is 89.9 Å². The Morgan fingerprint density at radius 3 is 2.14 bits per heavy atom. The van der Waals surface area contributed by atoms with Crippen LogP contribution in [0.4, 0.5) is 4.79 Å². The maximum absolute atomic E-state index is 13.7. The van der Waals surface area contributed by atoms with Gasteiger partial charge in [-0.25, -0.2) is 10.3 Å². The Labute approximate surface area is 311 Å². The molecule has 1 aliphatic carbocycles. The average molecular weight is 749 g/mol. The average Bonchev–Trinajstić information content (AvgIpc) is 3.73. The fourth-order valence-electron chi connectivity index (χ4n) is 6.05. The van der Waals surface area contributed by atoms with Crippen molar-refractivity contribution < 1.29 is 28.7 Å². The molecule has 2 atom stereocenters. The van der Waals surface area contributed by atoms with E-state index in [0.29, 0.717) is 33.0 Å². The molecule has 0 unspecified atom stereocenters. The summed E-state index contributed by atoms with van der Waals surface area (Å²) < 4.78 is 11.8. The van der Waals surface area contributed by atoms with Crippen LogP contribution >= 0.6 is 35.0 Å². The van der Waals surface area contributed by atoms with E-state index in [2.05, 4.69) is 35.1 Å². The van der Waals surface area contributed by atoms with Gasteiger partial charge >= 0.3 is 6.09 Å². The Hall–Kier alpha value is -4.22. The minimum absolute atomic E-state index is 0.106. The highest BCUT2D eigenvalue weighted by Crippen LogP contribution is 2.44. The summed E-state index contributed by atoms with van der Waals surface area (Å²) in [4.78, 5) is 47.6. The van der Waals surface area contributed by atoms with Gasteiger partial charge in [-0.05, 0) is 72.9 Å². The number of ether oxygens (including phenoxy) is 2. The van der Waals surface area contributed by atoms with Crippen molar-refractivity contribution in [2.24, 2.45) is 0 Å². The monoisotopic (exact) mass is 747 g/mol. The Bertz CT molecular complexity index is 1840. The summed E-state index contributed by atoms with van der Waals surface area (Å²) in [6, 6.07) is 26.9. The van der Waals surface area contributed by atoms with E-state index in [9.17, 15) is 14.4 Å². The first-order chi connectivity index (χ1) is 24.5. The lowest BCUT2D eigenvalue weighted by atomic mass is 9.98. The SMILES string of the molecule is CC(C)(C)ONC(=O)[C@H](Cc1ccc(OCc2c(Cl)cccc2Cl)cc1)NC(=O)[C@H]1CSCN1C(=O)OCC1c2ccccc2-c2ccccc21. The number of halogens is 2. The van der Waals surface area contributed by atoms with Crippen molar-refractivity contribution in [2.75, 3.05) is 18.2 Å². The standard InChI is InChI=1S/C39H39Cl2N3O6S/c1-39(2,3)50-43-36(45)34(19-24-15-17-25(18-16-24)48-21-31-32(40)13-8-14-33(31)41)42-37(46)35-22-51-23-44(35)38(47)49-20-30-28-11-6-4-9-26(28)27-10-5-7-12-29(27)30/h4-18,30,34-35H,19-23H2,1-3H3,(H,42,46)(H,43,45)/t34-,35+/m0/s1. The third-order valence-corrected chi connectivity index (χ3v) is 10.4. The fraction of sp³-hybridized carbons (Fsp3) is 0.308. The molecule has 3 amide bonds. The first-order valence-corrected chi connectivity index (χ1v) is 18.5. The van der Waals surface area contributed by atoms with Crippen molar-refractivity contribution in [2.45, 2.75) is 57.4 Å². The summed E-state index contributed by atoms with van der Waals surface area (Å²) in [5, 5.41) is 3.90. The number of nitrogens with zero attached hydrogens (tertiary/aromatic N) is 1. The molecule has 9 nitrogen and oxygen atoms in total. The van der Waals surface area contributed by atoms with Crippen LogP contribution in [0.1, 0.15) is 48.9 Å². The third kappa shape index (κ3) is 8.81. The zero-order chi connectivity index (χ0) is 36.1. The quantitative estimate of drug-likeness (QED) is 0.151. The molecule has 2 aliphatic rings. The summed E-state index contributed by atoms with van der Waals surface area (Å²) >= 11 is 14.0. The van der Waals surface area contributed by atoms with E-state index in [0.717, 1.165) is 27.8 Å². The van der Waals surface area contributed by atoms with Crippen LogP contribution in [0.2, 0.25) is 10.0 Å². The topological polar surface area (TPSA) is 106 Å². The molecule has 0 spiro atoms. The fourth-order valence-corrected chi connectivity index (χ4v) is 7.70. The third-order valence-electron chi connectivity index (χ3n) is 8.65. The number of fused-ring (bicyclic) bond motifs is 3. The van der Waals surface area contributed by atoms with E-state index in [-0.39, 0.29) is 25.6 Å². The zero-order valence-corrected chi connectivity index (χ0v) is 30.8. The van der Waals surface area contributed by atoms with Gasteiger partial charge in [0.2, 0.25) is 5.91 Å². The van der Waals surface area contributed by atoms with Crippen LogP contribution in [0.25, 0.3) is 11.1 Å². The molecule has 1 fully saturated rings. The molecule has 0 radical (unpaired) electrons. The van der Waals surface area contributed by atoms with Gasteiger partial charge in [0.1, 0.15) is 31.0 Å². The predicted molar refractivity (Wildman–Crippen MR) is 200 cm³/mol. The molecule has 266 valence electrons. The number of amides is 3. The Morgan fingerprint density at radius 2 is 1.51 bits per heavy atom. The normalized spacial score (nSPS) is 15.9. The highest BCUT2D eigenvalue weighted by atomic mass is 35.5. The summed E-state index contributed by atoms with van der Waals surface area (Å²) in [7, 11) is 0. The van der Waals surface area contributed by atoms with Crippen molar-refractivity contribution in [3.8, 4) is 16.9 Å². The maximum Gasteiger partial charge on any atom is 0.411 e. The van der Waals surface area contributed by atoms with E-state index in [1.54, 1.807) is 51.1 Å². The van der Waals surface area contributed by atoms with Crippen LogP contribution in [0, 0.1) is 0 Å². The maximum atomic E-state index is 13.7. The lowest BCUT2D eigenvalue weighted by Gasteiger charge is -2.27. The highest BCUT2D eigenvalue weighted by Gasteiger charge is 2.38. The molecule has 1 aliphatic heterocycles. The molecule has 4 aromatic rings. The number of benzene rings is 4. The Balaban J connectivity index is 1.10. The molecule has 0 saturated carbocycles. The van der Waals surface area contributed by atoms with E-state index in [4.69, 9.17) is 37.5 Å². The molecule has 2 N–H and O–H groups in total. The molecule has 0 aromatic heterocycles. The zero-order valence-electron chi connectivity index (χ0n) is 28.5. The summed E-state index contributed by atoms with van der Waals surface area (Å²) in [5.74, 6) is 0.151. The van der Waals surface area contributed by atoms with Gasteiger partial charge < -0.3 is 14.8 Å². The van der Waals surface area contributed by atoms with Gasteiger partial charge in [0.25, 0.3) is 5.91 Å². The van der Waals surface area contributed by atoms with Gasteiger partial charge in [-0.2, -0.15) is 0 Å². The van der Waals surface area contributed by atoms with Gasteiger partial charge in [-0.3, -0.25) is 19.3 Å². The smallest absolute Gasteiger partial charge is 0.411 e. The molecule has 1 heterocycles. The van der Waals surface area contributed by atoms with Gasteiger partial charge in [0, 0.05) is 33.7 Å². The summed E-state index contributed by atoms with van der Waals surface area (Å²) in [6.45, 7) is 5.73. The Morgan fingerprint density at radius 1 is 0.882 bits per heavy atom. The molecule has 51 heavy (non-hydrogen) atoms. The largest absolute Gasteiger partial charge is 0.489 e. The minimum Gasteiger partial charge on any atom is -0.489 e. The van der Waals surface area contributed by atoms with Crippen molar-refractivity contribution in [3.63, 3.8) is 0 Å². The molecule has 1 saturated heterocycles. The number of thioether (sulfide) groups is 1. The number of carbonyl (C=O) groups excluding carboxylic acids is 3. The van der Waals surface area contributed by atoms with Crippen molar-refractivity contribution in [3.05, 3.63) is 123 Å². The number of rotatable bonds is 11. The van der Waals surface area contributed by atoms with E-state index < -0.39 is 35.6 Å². The van der Waals surface area contributed by atoms with Gasteiger partial charge in [0.15, 0.2) is 0 Å². The van der Waals surface area contributed by atoms with Gasteiger partial charge in [-0.15, -0.1) is 11.8 Å². The predicted octanol–water partition coefficient (Wildman–Crippen LogP) is 7.77. The number of nitrogens with one attached hydrogen (secondary N) is 2. The van der Waals surface area contributed by atoms with Crippen LogP contribution in [-0.2, 0) is 32.2 Å². The second-order valence-corrected chi connectivity index (χ2v) is 15.2. The number of hydrogen-bond donors (Lipinski definition) is 2. The highest BCUT2D eigenvalue weighted by molar-refractivity contribution is 7.99. The molecule has 4 aromatic carbocycles. The second kappa shape index (κ2) is 16.0. The molecule has 12 heteroatoms. The van der Waals surface area contributed by atoms with Gasteiger partial charge in [0.05, 0.1) is 11.5 Å². The number of carbonyl (C=O) groups is 3. The van der Waals surface area contributed by atoms with E-state index >= 15 is 0 Å². The molecule has 6 rings (SSSR count). The molecule has 0 bridgehead atoms. The van der Waals surface area contributed by atoms with Crippen molar-refractivity contribution in [1.29, 1.82) is 0 Å². The van der Waals surface area contributed by atoms with Crippen molar-refractivity contribution in [1.82, 2.24) is 15.7 Å². The molecular weight excluding hydrogens is 709 g/mol. The first kappa shape index (κ1) is 36.6. The first-order valence-electron chi connectivity index (χ1n) is 16.6. The van der Waals surface area contributed by atoms with Crippen molar-refractivity contribution >= 4 is 52.9 Å². The number of hydroxylamine groups is 1. The summed E-state index contributed by atoms with van der Waals surface area (Å²) in [6.07, 6.45) is -0.417. The van der Waals surface area contributed by atoms with E-state index in [1.807, 2.05) is 36.4 Å². The summed E-state index contributed by atoms with van der Waals surface area (Å²) in [5.41, 5.74) is 7.75. The van der Waals surface area contributed by atoms with Crippen LogP contribution in [0.15, 0.2) is 91.0 Å². The Kier molecular flexibility index (Phi) is 11.5. The van der Waals surface area contributed by atoms with Crippen LogP contribution in [0.5, 0.6) is 5.75 Å². The number of hydrogen-bond acceptors (Lipinski definition) is 7. The molecular formula is C39H39Cl2N3O6S. The lowest BCUT2D eigenvalue weighted by molar-refractivity contribution is -0.149. The minimum atomic E-state index is -0.997.